The highest BCUT2D eigenvalue weighted by molar-refractivity contribution is 7.86. The van der Waals surface area contributed by atoms with E-state index < -0.39 is 39.8 Å². The van der Waals surface area contributed by atoms with Crippen LogP contribution in [-0.4, -0.2) is 14.7 Å². The standard InChI is InChI=1S/C9H7F4O3S/c1-17(14,15)16-7-3-2-5(8(10)11)4-6(7)9(12)13/h2,4,8-9H,1H3. The topological polar surface area (TPSA) is 43.4 Å². The Labute approximate surface area is 95.1 Å². The second kappa shape index (κ2) is 4.91. The molecule has 1 radical (unpaired) electrons. The van der Waals surface area contributed by atoms with Crippen LogP contribution in [0.3, 0.4) is 0 Å². The summed E-state index contributed by atoms with van der Waals surface area (Å²) in [5.74, 6) is -0.771. The van der Waals surface area contributed by atoms with Gasteiger partial charge in [-0.1, -0.05) is 0 Å². The van der Waals surface area contributed by atoms with Crippen LogP contribution in [0.25, 0.3) is 0 Å². The number of benzene rings is 1. The van der Waals surface area contributed by atoms with E-state index in [1.165, 1.54) is 0 Å². The summed E-state index contributed by atoms with van der Waals surface area (Å²) in [6.45, 7) is 0. The highest BCUT2D eigenvalue weighted by atomic mass is 32.2. The van der Waals surface area contributed by atoms with Crippen LogP contribution < -0.4 is 4.18 Å². The minimum Gasteiger partial charge on any atom is -0.381 e. The second-order valence-electron chi connectivity index (χ2n) is 3.11. The van der Waals surface area contributed by atoms with Gasteiger partial charge < -0.3 is 4.18 Å². The van der Waals surface area contributed by atoms with Crippen molar-refractivity contribution in [2.24, 2.45) is 0 Å². The molecule has 0 amide bonds. The van der Waals surface area contributed by atoms with E-state index in [4.69, 9.17) is 0 Å². The van der Waals surface area contributed by atoms with Gasteiger partial charge in [0.05, 0.1) is 11.8 Å². The lowest BCUT2D eigenvalue weighted by molar-refractivity contribution is 0.142. The SMILES string of the molecule is CS(=O)(=O)Oc1[c]cc(C(F)F)cc1C(F)F. The quantitative estimate of drug-likeness (QED) is 0.624. The Morgan fingerprint density at radius 3 is 2.24 bits per heavy atom. The minimum atomic E-state index is -4.02. The molecule has 0 aliphatic rings. The first-order valence-electron chi connectivity index (χ1n) is 4.22. The number of rotatable bonds is 4. The van der Waals surface area contributed by atoms with Crippen molar-refractivity contribution < 1.29 is 30.2 Å². The number of alkyl halides is 4. The third-order valence-electron chi connectivity index (χ3n) is 1.68. The summed E-state index contributed by atoms with van der Waals surface area (Å²) in [6.07, 6.45) is -5.44. The van der Waals surface area contributed by atoms with Crippen LogP contribution in [0.4, 0.5) is 17.6 Å². The predicted octanol–water partition coefficient (Wildman–Crippen LogP) is 2.70. The highest BCUT2D eigenvalue weighted by Gasteiger charge is 2.20. The molecule has 0 saturated heterocycles. The summed E-state index contributed by atoms with van der Waals surface area (Å²) in [6, 6.07) is 3.16. The molecule has 95 valence electrons. The van der Waals surface area contributed by atoms with E-state index in [9.17, 15) is 26.0 Å². The van der Waals surface area contributed by atoms with Crippen molar-refractivity contribution in [3.8, 4) is 5.75 Å². The smallest absolute Gasteiger partial charge is 0.306 e. The van der Waals surface area contributed by atoms with Gasteiger partial charge in [0.2, 0.25) is 0 Å². The number of hydrogen-bond donors (Lipinski definition) is 0. The summed E-state index contributed by atoms with van der Waals surface area (Å²) < 4.78 is 75.3. The van der Waals surface area contributed by atoms with Crippen LogP contribution in [0.15, 0.2) is 12.1 Å². The third kappa shape index (κ3) is 3.88. The minimum absolute atomic E-state index is 0.492. The summed E-state index contributed by atoms with van der Waals surface area (Å²) in [7, 11) is -4.02. The third-order valence-corrected chi connectivity index (χ3v) is 2.15. The Morgan fingerprint density at radius 2 is 1.82 bits per heavy atom. The average molecular weight is 271 g/mol. The van der Waals surface area contributed by atoms with Gasteiger partial charge in [-0.15, -0.1) is 0 Å². The summed E-state index contributed by atoms with van der Waals surface area (Å²) in [5, 5.41) is 0. The Bertz CT molecular complexity index is 499. The molecule has 0 aliphatic heterocycles. The van der Waals surface area contributed by atoms with Crippen LogP contribution >= 0.6 is 0 Å². The normalized spacial score (nSPS) is 12.2. The van der Waals surface area contributed by atoms with Crippen molar-refractivity contribution in [1.29, 1.82) is 0 Å². The van der Waals surface area contributed by atoms with E-state index in [0.717, 1.165) is 0 Å². The van der Waals surface area contributed by atoms with Gasteiger partial charge in [-0.2, -0.15) is 8.42 Å². The number of halogens is 4. The fourth-order valence-electron chi connectivity index (χ4n) is 1.03. The van der Waals surface area contributed by atoms with Crippen LogP contribution in [0, 0.1) is 6.07 Å². The first-order valence-corrected chi connectivity index (χ1v) is 6.03. The zero-order valence-electron chi connectivity index (χ0n) is 8.45. The van der Waals surface area contributed by atoms with Crippen LogP contribution in [0.1, 0.15) is 24.0 Å². The molecule has 3 nitrogen and oxygen atoms in total. The maximum atomic E-state index is 12.5. The maximum Gasteiger partial charge on any atom is 0.306 e. The Kier molecular flexibility index (Phi) is 3.97. The second-order valence-corrected chi connectivity index (χ2v) is 4.68. The number of hydrogen-bond acceptors (Lipinski definition) is 3. The van der Waals surface area contributed by atoms with E-state index in [0.29, 0.717) is 18.4 Å². The zero-order valence-corrected chi connectivity index (χ0v) is 9.27. The van der Waals surface area contributed by atoms with E-state index in [-0.39, 0.29) is 0 Å². The Balaban J connectivity index is 3.22. The van der Waals surface area contributed by atoms with E-state index >= 15 is 0 Å². The van der Waals surface area contributed by atoms with Crippen molar-refractivity contribution in [2.75, 3.05) is 6.26 Å². The lowest BCUT2D eigenvalue weighted by atomic mass is 10.1. The van der Waals surface area contributed by atoms with Crippen molar-refractivity contribution in [1.82, 2.24) is 0 Å². The lowest BCUT2D eigenvalue weighted by Gasteiger charge is -2.10. The van der Waals surface area contributed by atoms with Crippen LogP contribution in [0.5, 0.6) is 5.75 Å². The van der Waals surface area contributed by atoms with E-state index in [2.05, 4.69) is 4.18 Å². The molecule has 1 aromatic rings. The van der Waals surface area contributed by atoms with E-state index in [1.54, 1.807) is 0 Å². The molecule has 8 heteroatoms. The molecule has 0 saturated carbocycles. The molecule has 0 aliphatic carbocycles. The van der Waals surface area contributed by atoms with Crippen molar-refractivity contribution in [3.63, 3.8) is 0 Å². The van der Waals surface area contributed by atoms with Gasteiger partial charge in [-0.25, -0.2) is 17.6 Å². The molecular weight excluding hydrogens is 264 g/mol. The molecule has 1 rings (SSSR count). The van der Waals surface area contributed by atoms with Gasteiger partial charge >= 0.3 is 10.1 Å². The molecule has 0 fully saturated rings. The molecule has 0 heterocycles. The summed E-state index contributed by atoms with van der Waals surface area (Å²) >= 11 is 0. The fourth-order valence-corrected chi connectivity index (χ4v) is 1.48. The van der Waals surface area contributed by atoms with Crippen LogP contribution in [0.2, 0.25) is 0 Å². The largest absolute Gasteiger partial charge is 0.381 e. The zero-order chi connectivity index (χ0) is 13.2. The maximum absolute atomic E-state index is 12.5. The first-order chi connectivity index (χ1) is 7.70. The average Bonchev–Trinajstić information content (AvgIpc) is 2.14. The summed E-state index contributed by atoms with van der Waals surface area (Å²) in [4.78, 5) is 0. The van der Waals surface area contributed by atoms with Gasteiger partial charge in [0.25, 0.3) is 12.9 Å². The monoisotopic (exact) mass is 271 g/mol. The molecule has 0 bridgehead atoms. The van der Waals surface area contributed by atoms with Gasteiger partial charge in [0.15, 0.2) is 5.75 Å². The molecule has 0 unspecified atom stereocenters. The highest BCUT2D eigenvalue weighted by Crippen LogP contribution is 2.32. The first kappa shape index (κ1) is 13.8. The van der Waals surface area contributed by atoms with E-state index in [1.807, 2.05) is 6.07 Å². The van der Waals surface area contributed by atoms with Gasteiger partial charge in [-0.3, -0.25) is 0 Å². The Morgan fingerprint density at radius 1 is 1.24 bits per heavy atom. The van der Waals surface area contributed by atoms with Crippen LogP contribution in [-0.2, 0) is 10.1 Å². The van der Waals surface area contributed by atoms with Crippen molar-refractivity contribution >= 4 is 10.1 Å². The van der Waals surface area contributed by atoms with Crippen molar-refractivity contribution in [2.45, 2.75) is 12.9 Å². The molecule has 0 atom stereocenters. The molecular formula is C9H7F4O3S. The van der Waals surface area contributed by atoms with Gasteiger partial charge in [0.1, 0.15) is 0 Å². The molecule has 0 aromatic heterocycles. The summed E-state index contributed by atoms with van der Waals surface area (Å²) in [5.41, 5.74) is -1.62. The molecule has 0 spiro atoms. The van der Waals surface area contributed by atoms with Gasteiger partial charge in [0, 0.05) is 11.6 Å². The van der Waals surface area contributed by atoms with Gasteiger partial charge in [-0.05, 0) is 12.1 Å². The predicted molar refractivity (Wildman–Crippen MR) is 50.7 cm³/mol. The van der Waals surface area contributed by atoms with Crippen molar-refractivity contribution in [3.05, 3.63) is 29.3 Å². The molecule has 0 N–H and O–H groups in total. The molecule has 17 heavy (non-hydrogen) atoms. The Hall–Kier alpha value is -1.31. The molecule has 1 aromatic carbocycles. The lowest BCUT2D eigenvalue weighted by Crippen LogP contribution is -2.08. The fraction of sp³-hybridized carbons (Fsp3) is 0.333.